The lowest BCUT2D eigenvalue weighted by Gasteiger charge is -1.97. The molecule has 82 valence electrons. The number of aromatic carboxylic acids is 1. The smallest absolute Gasteiger partial charge is 0.353 e. The Labute approximate surface area is 94.7 Å². The second-order valence-corrected chi connectivity index (χ2v) is 3.57. The Morgan fingerprint density at radius 2 is 2.12 bits per heavy atom. The van der Waals surface area contributed by atoms with Gasteiger partial charge in [-0.2, -0.15) is 5.10 Å². The molecule has 0 bridgehead atoms. The van der Waals surface area contributed by atoms with Crippen molar-refractivity contribution >= 4 is 17.6 Å². The van der Waals surface area contributed by atoms with Gasteiger partial charge < -0.3 is 5.11 Å². The monoisotopic (exact) mass is 240 g/mol. The third kappa shape index (κ3) is 2.04. The van der Waals surface area contributed by atoms with E-state index in [1.165, 1.54) is 18.2 Å². The minimum Gasteiger partial charge on any atom is -0.477 e. The van der Waals surface area contributed by atoms with Crippen LogP contribution >= 0.6 is 11.6 Å². The Hall–Kier alpha value is -1.88. The number of carboxylic acids is 1. The number of halogens is 2. The Balaban J connectivity index is 2.46. The van der Waals surface area contributed by atoms with E-state index in [1.807, 2.05) is 0 Å². The zero-order valence-corrected chi connectivity index (χ0v) is 8.62. The lowest BCUT2D eigenvalue weighted by atomic mass is 10.1. The summed E-state index contributed by atoms with van der Waals surface area (Å²) in [6.07, 6.45) is 0. The topological polar surface area (TPSA) is 66.0 Å². The van der Waals surface area contributed by atoms with E-state index >= 15 is 0 Å². The normalized spacial score (nSPS) is 10.4. The van der Waals surface area contributed by atoms with Crippen LogP contribution in [0.2, 0.25) is 5.02 Å². The molecule has 0 aliphatic rings. The highest BCUT2D eigenvalue weighted by Gasteiger charge is 2.10. The third-order valence-electron chi connectivity index (χ3n) is 1.97. The molecule has 2 rings (SSSR count). The molecule has 1 aromatic heterocycles. The number of hydrogen-bond acceptors (Lipinski definition) is 2. The Bertz CT molecular complexity index is 533. The van der Waals surface area contributed by atoms with Gasteiger partial charge in [0.2, 0.25) is 0 Å². The average molecular weight is 241 g/mol. The van der Waals surface area contributed by atoms with Crippen LogP contribution in [0.5, 0.6) is 0 Å². The van der Waals surface area contributed by atoms with Gasteiger partial charge in [0.05, 0.1) is 5.69 Å². The van der Waals surface area contributed by atoms with Crippen LogP contribution in [0.4, 0.5) is 4.39 Å². The lowest BCUT2D eigenvalue weighted by Crippen LogP contribution is -1.95. The van der Waals surface area contributed by atoms with E-state index in [0.717, 1.165) is 6.07 Å². The maximum atomic E-state index is 13.0. The lowest BCUT2D eigenvalue weighted by molar-refractivity contribution is 0.0690. The number of nitrogens with zero attached hydrogens (tertiary/aromatic N) is 1. The van der Waals surface area contributed by atoms with Crippen molar-refractivity contribution in [1.82, 2.24) is 10.2 Å². The van der Waals surface area contributed by atoms with E-state index in [1.54, 1.807) is 0 Å². The van der Waals surface area contributed by atoms with Crippen molar-refractivity contribution in [3.63, 3.8) is 0 Å². The first-order valence-corrected chi connectivity index (χ1v) is 4.69. The van der Waals surface area contributed by atoms with Crippen LogP contribution in [0.25, 0.3) is 11.3 Å². The second kappa shape index (κ2) is 3.94. The SMILES string of the molecule is O=C(O)c1cc(-c2cc(F)cc(Cl)c2)n[nH]1. The molecule has 4 nitrogen and oxygen atoms in total. The largest absolute Gasteiger partial charge is 0.477 e. The molecule has 0 saturated carbocycles. The number of hydrogen-bond donors (Lipinski definition) is 2. The standard InChI is InChI=1S/C10H6ClFN2O2/c11-6-1-5(2-7(12)3-6)8-4-9(10(15)16)14-13-8/h1-4H,(H,13,14)(H,15,16). The zero-order valence-electron chi connectivity index (χ0n) is 7.87. The molecule has 0 amide bonds. The van der Waals surface area contributed by atoms with Crippen molar-refractivity contribution in [3.8, 4) is 11.3 Å². The van der Waals surface area contributed by atoms with Gasteiger partial charge in [-0.3, -0.25) is 5.10 Å². The number of carbonyl (C=O) groups is 1. The Kier molecular flexibility index (Phi) is 2.62. The summed E-state index contributed by atoms with van der Waals surface area (Å²) in [5.74, 6) is -1.62. The van der Waals surface area contributed by atoms with E-state index in [2.05, 4.69) is 10.2 Å². The summed E-state index contributed by atoms with van der Waals surface area (Å²) in [6, 6.07) is 5.21. The molecular formula is C10H6ClFN2O2. The van der Waals surface area contributed by atoms with Crippen LogP contribution in [0.3, 0.4) is 0 Å². The molecule has 0 aliphatic heterocycles. The molecule has 1 heterocycles. The van der Waals surface area contributed by atoms with Crippen molar-refractivity contribution in [2.24, 2.45) is 0 Å². The van der Waals surface area contributed by atoms with Gasteiger partial charge in [-0.1, -0.05) is 11.6 Å². The molecule has 2 N–H and O–H groups in total. The number of H-pyrrole nitrogens is 1. The predicted octanol–water partition coefficient (Wildman–Crippen LogP) is 2.57. The highest BCUT2D eigenvalue weighted by Crippen LogP contribution is 2.23. The van der Waals surface area contributed by atoms with E-state index in [0.29, 0.717) is 11.3 Å². The van der Waals surface area contributed by atoms with Crippen molar-refractivity contribution < 1.29 is 14.3 Å². The molecule has 2 aromatic rings. The molecule has 16 heavy (non-hydrogen) atoms. The fourth-order valence-electron chi connectivity index (χ4n) is 1.28. The Morgan fingerprint density at radius 3 is 2.69 bits per heavy atom. The van der Waals surface area contributed by atoms with Crippen molar-refractivity contribution in [2.75, 3.05) is 0 Å². The summed E-state index contributed by atoms with van der Waals surface area (Å²) in [5, 5.41) is 15.0. The summed E-state index contributed by atoms with van der Waals surface area (Å²) < 4.78 is 13.0. The molecule has 0 aliphatic carbocycles. The van der Waals surface area contributed by atoms with E-state index < -0.39 is 11.8 Å². The molecule has 0 radical (unpaired) electrons. The fraction of sp³-hybridized carbons (Fsp3) is 0. The number of carboxylic acid groups (broad SMARTS) is 1. The highest BCUT2D eigenvalue weighted by atomic mass is 35.5. The van der Waals surface area contributed by atoms with E-state index in [-0.39, 0.29) is 10.7 Å². The average Bonchev–Trinajstić information content (AvgIpc) is 2.64. The second-order valence-electron chi connectivity index (χ2n) is 3.13. The minimum atomic E-state index is -1.12. The highest BCUT2D eigenvalue weighted by molar-refractivity contribution is 6.30. The van der Waals surface area contributed by atoms with E-state index in [4.69, 9.17) is 16.7 Å². The molecule has 6 heteroatoms. The minimum absolute atomic E-state index is 0.0598. The molecule has 0 atom stereocenters. The van der Waals surface area contributed by atoms with Crippen LogP contribution < -0.4 is 0 Å². The molecule has 0 saturated heterocycles. The third-order valence-corrected chi connectivity index (χ3v) is 2.18. The van der Waals surface area contributed by atoms with Crippen LogP contribution in [0.15, 0.2) is 24.3 Å². The summed E-state index contributed by atoms with van der Waals surface area (Å²) in [7, 11) is 0. The number of rotatable bonds is 2. The van der Waals surface area contributed by atoms with E-state index in [9.17, 15) is 9.18 Å². The van der Waals surface area contributed by atoms with Crippen LogP contribution in [-0.2, 0) is 0 Å². The van der Waals surface area contributed by atoms with Gasteiger partial charge >= 0.3 is 5.97 Å². The zero-order chi connectivity index (χ0) is 11.7. The van der Waals surface area contributed by atoms with Gasteiger partial charge in [0.1, 0.15) is 11.5 Å². The maximum absolute atomic E-state index is 13.0. The molecule has 1 aromatic carbocycles. The van der Waals surface area contributed by atoms with Gasteiger partial charge in [-0.15, -0.1) is 0 Å². The van der Waals surface area contributed by atoms with Crippen molar-refractivity contribution in [2.45, 2.75) is 0 Å². The van der Waals surface area contributed by atoms with Crippen LogP contribution in [0, 0.1) is 5.82 Å². The molecule has 0 spiro atoms. The van der Waals surface area contributed by atoms with Gasteiger partial charge in [0, 0.05) is 10.6 Å². The van der Waals surface area contributed by atoms with Crippen molar-refractivity contribution in [1.29, 1.82) is 0 Å². The maximum Gasteiger partial charge on any atom is 0.353 e. The first-order chi connectivity index (χ1) is 7.56. The summed E-state index contributed by atoms with van der Waals surface area (Å²) in [6.45, 7) is 0. The van der Waals surface area contributed by atoms with Gasteiger partial charge in [-0.05, 0) is 24.3 Å². The van der Waals surface area contributed by atoms with Gasteiger partial charge in [0.25, 0.3) is 0 Å². The van der Waals surface area contributed by atoms with Crippen LogP contribution in [0.1, 0.15) is 10.5 Å². The molecule has 0 unspecified atom stereocenters. The predicted molar refractivity (Wildman–Crippen MR) is 56.0 cm³/mol. The summed E-state index contributed by atoms with van der Waals surface area (Å²) >= 11 is 5.68. The number of aromatic amines is 1. The van der Waals surface area contributed by atoms with Crippen molar-refractivity contribution in [3.05, 3.63) is 40.8 Å². The van der Waals surface area contributed by atoms with Crippen LogP contribution in [-0.4, -0.2) is 21.3 Å². The number of benzene rings is 1. The number of nitrogens with one attached hydrogen (secondary N) is 1. The first-order valence-electron chi connectivity index (χ1n) is 4.31. The molecular weight excluding hydrogens is 235 g/mol. The van der Waals surface area contributed by atoms with Gasteiger partial charge in [-0.25, -0.2) is 9.18 Å². The van der Waals surface area contributed by atoms with Gasteiger partial charge in [0.15, 0.2) is 0 Å². The summed E-state index contributed by atoms with van der Waals surface area (Å²) in [4.78, 5) is 10.6. The molecule has 0 fully saturated rings. The summed E-state index contributed by atoms with van der Waals surface area (Å²) in [5.41, 5.74) is 0.697. The quantitative estimate of drug-likeness (QED) is 0.848. The first kappa shape index (κ1) is 10.6. The fourth-order valence-corrected chi connectivity index (χ4v) is 1.50. The Morgan fingerprint density at radius 1 is 1.38 bits per heavy atom. The number of aromatic nitrogens is 2.